The van der Waals surface area contributed by atoms with Crippen molar-refractivity contribution in [1.29, 1.82) is 0 Å². The number of likely N-dealkylation sites (tertiary alicyclic amines) is 1. The fourth-order valence-corrected chi connectivity index (χ4v) is 2.96. The molecule has 1 aliphatic heterocycles. The van der Waals surface area contributed by atoms with Crippen molar-refractivity contribution in [3.8, 4) is 0 Å². The maximum atomic E-state index is 12.4. The van der Waals surface area contributed by atoms with Gasteiger partial charge in [-0.05, 0) is 53.0 Å². The Kier molecular flexibility index (Phi) is 3.70. The van der Waals surface area contributed by atoms with Crippen LogP contribution in [0.3, 0.4) is 0 Å². The van der Waals surface area contributed by atoms with Gasteiger partial charge in [0.2, 0.25) is 0 Å². The van der Waals surface area contributed by atoms with E-state index in [1.165, 1.54) is 0 Å². The number of carbonyl (C=O) groups is 2. The lowest BCUT2D eigenvalue weighted by molar-refractivity contribution is -0.123. The molecule has 1 fully saturated rings. The molecule has 2 aliphatic rings. The largest absolute Gasteiger partial charge is 0.444 e. The molecule has 4 nitrogen and oxygen atoms in total. The van der Waals surface area contributed by atoms with Gasteiger partial charge in [-0.3, -0.25) is 4.79 Å². The van der Waals surface area contributed by atoms with Crippen LogP contribution < -0.4 is 0 Å². The van der Waals surface area contributed by atoms with E-state index in [2.05, 4.69) is 0 Å². The zero-order chi connectivity index (χ0) is 14.2. The number of rotatable bonds is 0. The van der Waals surface area contributed by atoms with Crippen molar-refractivity contribution in [3.63, 3.8) is 0 Å². The number of piperidine rings is 1. The summed E-state index contributed by atoms with van der Waals surface area (Å²) in [6.07, 6.45) is 5.72. The number of nitrogens with zero attached hydrogens (tertiary/aromatic N) is 1. The molecule has 19 heavy (non-hydrogen) atoms. The van der Waals surface area contributed by atoms with Crippen LogP contribution in [0, 0.1) is 5.92 Å². The third-order valence-electron chi connectivity index (χ3n) is 3.82. The van der Waals surface area contributed by atoms with Crippen molar-refractivity contribution >= 4 is 11.9 Å². The van der Waals surface area contributed by atoms with Gasteiger partial charge in [-0.15, -0.1) is 0 Å². The van der Waals surface area contributed by atoms with Crippen LogP contribution in [0.25, 0.3) is 0 Å². The molecule has 0 aromatic heterocycles. The molecule has 0 unspecified atom stereocenters. The van der Waals surface area contributed by atoms with Crippen molar-refractivity contribution in [2.75, 3.05) is 0 Å². The predicted octanol–water partition coefficient (Wildman–Crippen LogP) is 2.92. The summed E-state index contributed by atoms with van der Waals surface area (Å²) < 4.78 is 5.48. The zero-order valence-electron chi connectivity index (χ0n) is 12.2. The summed E-state index contributed by atoms with van der Waals surface area (Å²) in [6.45, 7) is 7.62. The van der Waals surface area contributed by atoms with Gasteiger partial charge in [0, 0.05) is 18.0 Å². The van der Waals surface area contributed by atoms with E-state index in [0.29, 0.717) is 0 Å². The number of fused-ring (bicyclic) bond motifs is 1. The Balaban J connectivity index is 2.19. The molecular formula is C15H23NO3. The number of allylic oxidation sites excluding steroid dienone is 1. The molecule has 0 bridgehead atoms. The van der Waals surface area contributed by atoms with Crippen LogP contribution in [0.4, 0.5) is 4.79 Å². The molecule has 0 aromatic carbocycles. The van der Waals surface area contributed by atoms with Crippen LogP contribution in [0.15, 0.2) is 12.2 Å². The van der Waals surface area contributed by atoms with Crippen molar-refractivity contribution in [1.82, 2.24) is 4.90 Å². The first kappa shape index (κ1) is 14.1. The fraction of sp³-hybridized carbons (Fsp3) is 0.733. The van der Waals surface area contributed by atoms with Crippen molar-refractivity contribution in [2.24, 2.45) is 5.92 Å². The van der Waals surface area contributed by atoms with Gasteiger partial charge in [-0.1, -0.05) is 6.08 Å². The lowest BCUT2D eigenvalue weighted by Gasteiger charge is -2.45. The van der Waals surface area contributed by atoms with E-state index >= 15 is 0 Å². The Bertz CT molecular complexity index is 408. The Morgan fingerprint density at radius 1 is 1.37 bits per heavy atom. The van der Waals surface area contributed by atoms with E-state index in [1.807, 2.05) is 33.8 Å². The zero-order valence-corrected chi connectivity index (χ0v) is 12.2. The second-order valence-electron chi connectivity index (χ2n) is 6.53. The van der Waals surface area contributed by atoms with Crippen molar-refractivity contribution in [2.45, 2.75) is 64.6 Å². The third kappa shape index (κ3) is 2.99. The first-order valence-corrected chi connectivity index (χ1v) is 7.01. The highest BCUT2D eigenvalue weighted by atomic mass is 16.6. The molecule has 1 aliphatic carbocycles. The average molecular weight is 265 g/mol. The molecule has 106 valence electrons. The Labute approximate surface area is 114 Å². The van der Waals surface area contributed by atoms with Crippen molar-refractivity contribution in [3.05, 3.63) is 12.2 Å². The molecule has 1 amide bonds. The number of ketones is 1. The highest BCUT2D eigenvalue weighted by Crippen LogP contribution is 2.34. The van der Waals surface area contributed by atoms with Crippen LogP contribution in [0.1, 0.15) is 47.0 Å². The molecule has 2 rings (SSSR count). The maximum Gasteiger partial charge on any atom is 0.410 e. The topological polar surface area (TPSA) is 46.6 Å². The van der Waals surface area contributed by atoms with E-state index in [4.69, 9.17) is 4.74 Å². The number of hydrogen-bond acceptors (Lipinski definition) is 3. The van der Waals surface area contributed by atoms with Gasteiger partial charge in [0.15, 0.2) is 5.78 Å². The highest BCUT2D eigenvalue weighted by molar-refractivity contribution is 5.93. The summed E-state index contributed by atoms with van der Waals surface area (Å²) in [5.74, 6) is 0.102. The second kappa shape index (κ2) is 4.99. The monoisotopic (exact) mass is 265 g/mol. The minimum absolute atomic E-state index is 0.0314. The Hall–Kier alpha value is -1.32. The standard InChI is InChI=1S/C15H23NO3/c1-10-8-9-11-12(6-5-7-13(11)17)16(10)14(18)19-15(2,3)4/h5,7,10-12H,6,8-9H2,1-4H3/t10-,11+,12+/m0/s1. The van der Waals surface area contributed by atoms with Gasteiger partial charge in [0.05, 0.1) is 0 Å². The smallest absolute Gasteiger partial charge is 0.410 e. The van der Waals surface area contributed by atoms with E-state index in [-0.39, 0.29) is 29.9 Å². The SMILES string of the molecule is C[C@H]1CC[C@H]2C(=O)C=CC[C@H]2N1C(=O)OC(C)(C)C. The van der Waals surface area contributed by atoms with Crippen LogP contribution in [-0.4, -0.2) is 34.5 Å². The molecule has 4 heteroatoms. The van der Waals surface area contributed by atoms with E-state index < -0.39 is 5.60 Å². The maximum absolute atomic E-state index is 12.4. The second-order valence-corrected chi connectivity index (χ2v) is 6.53. The van der Waals surface area contributed by atoms with Gasteiger partial charge < -0.3 is 9.64 Å². The van der Waals surface area contributed by atoms with Gasteiger partial charge in [0.1, 0.15) is 5.60 Å². The van der Waals surface area contributed by atoms with Gasteiger partial charge in [-0.2, -0.15) is 0 Å². The minimum Gasteiger partial charge on any atom is -0.444 e. The summed E-state index contributed by atoms with van der Waals surface area (Å²) in [7, 11) is 0. The third-order valence-corrected chi connectivity index (χ3v) is 3.82. The predicted molar refractivity (Wildman–Crippen MR) is 72.8 cm³/mol. The summed E-state index contributed by atoms with van der Waals surface area (Å²) in [6, 6.07) is 0.103. The minimum atomic E-state index is -0.502. The molecule has 1 heterocycles. The molecule has 3 atom stereocenters. The summed E-state index contributed by atoms with van der Waals surface area (Å²) in [4.78, 5) is 26.1. The molecule has 0 N–H and O–H groups in total. The molecule has 0 saturated carbocycles. The first-order chi connectivity index (χ1) is 8.79. The van der Waals surface area contributed by atoms with Crippen LogP contribution in [0.2, 0.25) is 0 Å². The van der Waals surface area contributed by atoms with Crippen LogP contribution >= 0.6 is 0 Å². The van der Waals surface area contributed by atoms with Crippen LogP contribution in [-0.2, 0) is 9.53 Å². The van der Waals surface area contributed by atoms with Gasteiger partial charge in [0.25, 0.3) is 0 Å². The first-order valence-electron chi connectivity index (χ1n) is 7.01. The van der Waals surface area contributed by atoms with Gasteiger partial charge in [-0.25, -0.2) is 4.79 Å². The lowest BCUT2D eigenvalue weighted by Crippen LogP contribution is -2.56. The summed E-state index contributed by atoms with van der Waals surface area (Å²) in [5.41, 5.74) is -0.502. The normalized spacial score (nSPS) is 31.1. The fourth-order valence-electron chi connectivity index (χ4n) is 2.96. The molecule has 0 spiro atoms. The summed E-state index contributed by atoms with van der Waals surface area (Å²) >= 11 is 0. The van der Waals surface area contributed by atoms with Crippen LogP contribution in [0.5, 0.6) is 0 Å². The van der Waals surface area contributed by atoms with Crippen molar-refractivity contribution < 1.29 is 14.3 Å². The molecule has 1 saturated heterocycles. The number of ether oxygens (including phenoxy) is 1. The van der Waals surface area contributed by atoms with E-state index in [9.17, 15) is 9.59 Å². The number of carbonyl (C=O) groups excluding carboxylic acids is 2. The Morgan fingerprint density at radius 3 is 2.68 bits per heavy atom. The summed E-state index contributed by atoms with van der Waals surface area (Å²) in [5, 5.41) is 0. The molecule has 0 aromatic rings. The number of hydrogen-bond donors (Lipinski definition) is 0. The lowest BCUT2D eigenvalue weighted by atomic mass is 9.79. The average Bonchev–Trinajstić information content (AvgIpc) is 2.26. The molecule has 0 radical (unpaired) electrons. The van der Waals surface area contributed by atoms with Gasteiger partial charge >= 0.3 is 6.09 Å². The highest BCUT2D eigenvalue weighted by Gasteiger charge is 2.43. The van der Waals surface area contributed by atoms with E-state index in [1.54, 1.807) is 11.0 Å². The quantitative estimate of drug-likeness (QED) is 0.676. The van der Waals surface area contributed by atoms with E-state index in [0.717, 1.165) is 19.3 Å². The number of amides is 1. The molecular weight excluding hydrogens is 242 g/mol. The Morgan fingerprint density at radius 2 is 2.05 bits per heavy atom.